The number of nitrogens with zero attached hydrogens (tertiary/aromatic N) is 2. The van der Waals surface area contributed by atoms with Gasteiger partial charge < -0.3 is 15.4 Å². The number of allylic oxidation sites excluding steroid dienone is 2. The van der Waals surface area contributed by atoms with Gasteiger partial charge >= 0.3 is 6.09 Å². The molecular formula is C21H21FN4O4. The van der Waals surface area contributed by atoms with Gasteiger partial charge in [0, 0.05) is 18.4 Å². The minimum absolute atomic E-state index is 0.0823. The average Bonchev–Trinajstić information content (AvgIpc) is 3.02. The Bertz CT molecular complexity index is 982. The number of cyclic esters (lactones) is 1. The van der Waals surface area contributed by atoms with Crippen LogP contribution in [0.3, 0.4) is 0 Å². The molecule has 0 aromatic heterocycles. The van der Waals surface area contributed by atoms with E-state index in [1.54, 1.807) is 13.0 Å². The Kier molecular flexibility index (Phi) is 6.16. The van der Waals surface area contributed by atoms with Crippen molar-refractivity contribution in [2.24, 2.45) is 5.92 Å². The van der Waals surface area contributed by atoms with E-state index >= 15 is 0 Å². The number of hydrogen-bond donors (Lipinski definition) is 2. The number of rotatable bonds is 5. The van der Waals surface area contributed by atoms with Crippen molar-refractivity contribution in [3.8, 4) is 6.07 Å². The zero-order valence-corrected chi connectivity index (χ0v) is 16.5. The number of ether oxygens (including phenoxy) is 1. The SMILES string of the molecule is CC(=O)NC[C@H]1CN(c2ccc(NC3C(=O)C=CC=C(C#N)C3C)c(F)c2)C(=O)O1. The number of amides is 2. The number of halogens is 1. The van der Waals surface area contributed by atoms with Crippen LogP contribution in [0.1, 0.15) is 13.8 Å². The van der Waals surface area contributed by atoms with Gasteiger partial charge in [-0.1, -0.05) is 13.0 Å². The highest BCUT2D eigenvalue weighted by Gasteiger charge is 2.33. The van der Waals surface area contributed by atoms with Gasteiger partial charge in [0.05, 0.1) is 36.6 Å². The third-order valence-electron chi connectivity index (χ3n) is 4.99. The van der Waals surface area contributed by atoms with E-state index in [-0.39, 0.29) is 30.5 Å². The molecule has 156 valence electrons. The molecule has 2 unspecified atom stereocenters. The Morgan fingerprint density at radius 1 is 1.40 bits per heavy atom. The monoisotopic (exact) mass is 412 g/mol. The normalized spacial score (nSPS) is 23.3. The summed E-state index contributed by atoms with van der Waals surface area (Å²) < 4.78 is 19.9. The first-order valence-corrected chi connectivity index (χ1v) is 9.41. The first-order chi connectivity index (χ1) is 14.3. The Morgan fingerprint density at radius 3 is 2.83 bits per heavy atom. The second kappa shape index (κ2) is 8.78. The second-order valence-electron chi connectivity index (χ2n) is 7.12. The van der Waals surface area contributed by atoms with Crippen LogP contribution in [0, 0.1) is 23.1 Å². The molecule has 0 spiro atoms. The molecule has 8 nitrogen and oxygen atoms in total. The summed E-state index contributed by atoms with van der Waals surface area (Å²) in [5, 5.41) is 14.7. The van der Waals surface area contributed by atoms with Gasteiger partial charge in [0.15, 0.2) is 5.78 Å². The van der Waals surface area contributed by atoms with Crippen molar-refractivity contribution in [3.05, 3.63) is 47.8 Å². The Hall–Kier alpha value is -3.67. The fourth-order valence-corrected chi connectivity index (χ4v) is 3.32. The molecule has 1 aliphatic carbocycles. The zero-order valence-electron chi connectivity index (χ0n) is 16.5. The van der Waals surface area contributed by atoms with Gasteiger partial charge in [0.1, 0.15) is 11.9 Å². The molecule has 2 N–H and O–H groups in total. The van der Waals surface area contributed by atoms with Gasteiger partial charge in [-0.3, -0.25) is 14.5 Å². The van der Waals surface area contributed by atoms with Crippen molar-refractivity contribution in [2.45, 2.75) is 26.0 Å². The maximum absolute atomic E-state index is 14.8. The van der Waals surface area contributed by atoms with E-state index in [9.17, 15) is 24.0 Å². The topological polar surface area (TPSA) is 112 Å². The Balaban J connectivity index is 1.74. The van der Waals surface area contributed by atoms with Crippen LogP contribution in [0.15, 0.2) is 42.0 Å². The van der Waals surface area contributed by atoms with Gasteiger partial charge in [-0.25, -0.2) is 9.18 Å². The Morgan fingerprint density at radius 2 is 2.17 bits per heavy atom. The molecule has 30 heavy (non-hydrogen) atoms. The van der Waals surface area contributed by atoms with Crippen molar-refractivity contribution in [1.29, 1.82) is 5.26 Å². The number of carbonyl (C=O) groups is 3. The largest absolute Gasteiger partial charge is 0.442 e. The van der Waals surface area contributed by atoms with Gasteiger partial charge in [-0.2, -0.15) is 5.26 Å². The molecule has 2 amide bonds. The van der Waals surface area contributed by atoms with Crippen molar-refractivity contribution in [3.63, 3.8) is 0 Å². The van der Waals surface area contributed by atoms with Crippen LogP contribution in [0.2, 0.25) is 0 Å². The highest BCUT2D eigenvalue weighted by Crippen LogP contribution is 2.28. The summed E-state index contributed by atoms with van der Waals surface area (Å²) in [7, 11) is 0. The van der Waals surface area contributed by atoms with E-state index in [1.807, 2.05) is 0 Å². The molecule has 3 atom stereocenters. The van der Waals surface area contributed by atoms with Crippen molar-refractivity contribution in [1.82, 2.24) is 5.32 Å². The number of anilines is 2. The third kappa shape index (κ3) is 4.49. The highest BCUT2D eigenvalue weighted by atomic mass is 19.1. The average molecular weight is 412 g/mol. The summed E-state index contributed by atoms with van der Waals surface area (Å²) in [5.41, 5.74) is 0.793. The number of hydrogen-bond acceptors (Lipinski definition) is 6. The number of nitriles is 1. The summed E-state index contributed by atoms with van der Waals surface area (Å²) in [6, 6.07) is 5.40. The lowest BCUT2D eigenvalue weighted by molar-refractivity contribution is -0.119. The fraction of sp³-hybridized carbons (Fsp3) is 0.333. The molecule has 0 saturated carbocycles. The molecule has 1 aromatic rings. The molecule has 1 heterocycles. The van der Waals surface area contributed by atoms with Crippen LogP contribution in [-0.4, -0.2) is 43.0 Å². The van der Waals surface area contributed by atoms with E-state index in [0.717, 1.165) is 0 Å². The summed E-state index contributed by atoms with van der Waals surface area (Å²) in [6.07, 6.45) is 3.26. The van der Waals surface area contributed by atoms with Crippen LogP contribution < -0.4 is 15.5 Å². The van der Waals surface area contributed by atoms with Crippen LogP contribution in [0.4, 0.5) is 20.6 Å². The van der Waals surface area contributed by atoms with E-state index < -0.39 is 30.0 Å². The van der Waals surface area contributed by atoms with Crippen LogP contribution in [0.5, 0.6) is 0 Å². The summed E-state index contributed by atoms with van der Waals surface area (Å²) in [5.74, 6) is -1.60. The van der Waals surface area contributed by atoms with Crippen molar-refractivity contribution in [2.75, 3.05) is 23.3 Å². The highest BCUT2D eigenvalue weighted by molar-refractivity contribution is 5.97. The molecule has 0 radical (unpaired) electrons. The summed E-state index contributed by atoms with van der Waals surface area (Å²) in [4.78, 5) is 36.7. The molecule has 2 aliphatic rings. The molecule has 1 fully saturated rings. The van der Waals surface area contributed by atoms with E-state index in [0.29, 0.717) is 11.3 Å². The lowest BCUT2D eigenvalue weighted by atomic mass is 9.92. The summed E-state index contributed by atoms with van der Waals surface area (Å²) >= 11 is 0. The minimum Gasteiger partial charge on any atom is -0.442 e. The van der Waals surface area contributed by atoms with Crippen LogP contribution in [0.25, 0.3) is 0 Å². The maximum Gasteiger partial charge on any atom is 0.414 e. The summed E-state index contributed by atoms with van der Waals surface area (Å²) in [6.45, 7) is 3.42. The molecule has 1 saturated heterocycles. The van der Waals surface area contributed by atoms with Gasteiger partial charge in [0.25, 0.3) is 0 Å². The number of nitrogens with one attached hydrogen (secondary N) is 2. The smallest absolute Gasteiger partial charge is 0.414 e. The predicted octanol–water partition coefficient (Wildman–Crippen LogP) is 2.29. The van der Waals surface area contributed by atoms with Crippen molar-refractivity contribution >= 4 is 29.2 Å². The third-order valence-corrected chi connectivity index (χ3v) is 4.99. The van der Waals surface area contributed by atoms with Crippen molar-refractivity contribution < 1.29 is 23.5 Å². The van der Waals surface area contributed by atoms with Crippen LogP contribution >= 0.6 is 0 Å². The zero-order chi connectivity index (χ0) is 21.8. The minimum atomic E-state index is -0.797. The molecule has 0 bridgehead atoms. The second-order valence-corrected chi connectivity index (χ2v) is 7.12. The quantitative estimate of drug-likeness (QED) is 0.768. The molecular weight excluding hydrogens is 391 g/mol. The molecule has 9 heteroatoms. The molecule has 1 aromatic carbocycles. The molecule has 3 rings (SSSR count). The first-order valence-electron chi connectivity index (χ1n) is 9.41. The van der Waals surface area contributed by atoms with Gasteiger partial charge in [0.2, 0.25) is 5.91 Å². The van der Waals surface area contributed by atoms with Crippen LogP contribution in [-0.2, 0) is 14.3 Å². The van der Waals surface area contributed by atoms with E-state index in [1.165, 1.54) is 42.2 Å². The number of ketones is 1. The number of benzene rings is 1. The van der Waals surface area contributed by atoms with E-state index in [2.05, 4.69) is 16.7 Å². The predicted molar refractivity (Wildman–Crippen MR) is 107 cm³/mol. The Labute approximate surface area is 173 Å². The van der Waals surface area contributed by atoms with E-state index in [4.69, 9.17) is 4.74 Å². The van der Waals surface area contributed by atoms with Gasteiger partial charge in [-0.15, -0.1) is 0 Å². The fourth-order valence-electron chi connectivity index (χ4n) is 3.32. The first kappa shape index (κ1) is 21.0. The lowest BCUT2D eigenvalue weighted by Crippen LogP contribution is -2.35. The maximum atomic E-state index is 14.8. The standard InChI is InChI=1S/C21H21FN4O4/c1-12-14(9-23)4-3-5-19(28)20(12)25-18-7-6-15(8-17(18)22)26-11-16(30-21(26)29)10-24-13(2)27/h3-8,12,16,20,25H,10-11H2,1-2H3,(H,24,27)/t12?,16-,20?/m0/s1. The van der Waals surface area contributed by atoms with Gasteiger partial charge in [-0.05, 0) is 30.4 Å². The molecule has 1 aliphatic heterocycles. The lowest BCUT2D eigenvalue weighted by Gasteiger charge is -2.23. The number of carbonyl (C=O) groups excluding carboxylic acids is 3.